The van der Waals surface area contributed by atoms with Crippen molar-refractivity contribution >= 4 is 5.78 Å². The summed E-state index contributed by atoms with van der Waals surface area (Å²) in [5.74, 6) is -0.0922. The summed E-state index contributed by atoms with van der Waals surface area (Å²) in [6.45, 7) is 4.25. The SMILES string of the molecule is CC(O)C1CCN(CCC(=O)c2cccc(F)c2)C1. The van der Waals surface area contributed by atoms with E-state index < -0.39 is 0 Å². The quantitative estimate of drug-likeness (QED) is 0.829. The Morgan fingerprint density at radius 1 is 1.58 bits per heavy atom. The van der Waals surface area contributed by atoms with Crippen molar-refractivity contribution in [2.45, 2.75) is 25.9 Å². The molecule has 1 fully saturated rings. The second-order valence-corrected chi connectivity index (χ2v) is 5.27. The number of carbonyl (C=O) groups is 1. The molecule has 0 bridgehead atoms. The van der Waals surface area contributed by atoms with Gasteiger partial charge in [0.05, 0.1) is 6.10 Å². The van der Waals surface area contributed by atoms with Gasteiger partial charge in [0.15, 0.2) is 5.78 Å². The standard InChI is InChI=1S/C15H20FNO2/c1-11(18)13-5-7-17(10-13)8-6-15(19)12-3-2-4-14(16)9-12/h2-4,9,11,13,18H,5-8,10H2,1H3. The average Bonchev–Trinajstić information content (AvgIpc) is 2.85. The molecular formula is C15H20FNO2. The predicted molar refractivity (Wildman–Crippen MR) is 71.6 cm³/mol. The van der Waals surface area contributed by atoms with Crippen LogP contribution in [0.2, 0.25) is 0 Å². The first kappa shape index (κ1) is 14.2. The molecule has 2 atom stereocenters. The number of rotatable bonds is 5. The number of aliphatic hydroxyl groups is 1. The van der Waals surface area contributed by atoms with E-state index in [4.69, 9.17) is 0 Å². The predicted octanol–water partition coefficient (Wildman–Crippen LogP) is 2.10. The first-order valence-electron chi connectivity index (χ1n) is 6.75. The van der Waals surface area contributed by atoms with E-state index in [0.29, 0.717) is 24.4 Å². The molecule has 3 nitrogen and oxygen atoms in total. The minimum absolute atomic E-state index is 0.0278. The van der Waals surface area contributed by atoms with Crippen LogP contribution >= 0.6 is 0 Å². The Hall–Kier alpha value is -1.26. The molecule has 1 aliphatic heterocycles. The highest BCUT2D eigenvalue weighted by atomic mass is 19.1. The molecule has 0 amide bonds. The van der Waals surface area contributed by atoms with Crippen LogP contribution in [0.4, 0.5) is 4.39 Å². The van der Waals surface area contributed by atoms with Crippen molar-refractivity contribution in [1.82, 2.24) is 4.90 Å². The van der Waals surface area contributed by atoms with Gasteiger partial charge in [-0.1, -0.05) is 12.1 Å². The minimum Gasteiger partial charge on any atom is -0.393 e. The molecule has 4 heteroatoms. The molecule has 0 aliphatic carbocycles. The molecule has 1 heterocycles. The number of aliphatic hydroxyl groups excluding tert-OH is 1. The number of nitrogens with zero attached hydrogens (tertiary/aromatic N) is 1. The van der Waals surface area contributed by atoms with Crippen molar-refractivity contribution in [3.8, 4) is 0 Å². The van der Waals surface area contributed by atoms with Crippen molar-refractivity contribution in [3.63, 3.8) is 0 Å². The highest BCUT2D eigenvalue weighted by molar-refractivity contribution is 5.96. The van der Waals surface area contributed by atoms with Gasteiger partial charge in [0.2, 0.25) is 0 Å². The molecule has 0 radical (unpaired) electrons. The van der Waals surface area contributed by atoms with Crippen molar-refractivity contribution in [2.24, 2.45) is 5.92 Å². The first-order chi connectivity index (χ1) is 9.06. The average molecular weight is 265 g/mol. The summed E-state index contributed by atoms with van der Waals surface area (Å²) in [5.41, 5.74) is 0.436. The maximum atomic E-state index is 13.0. The van der Waals surface area contributed by atoms with Crippen LogP contribution in [-0.2, 0) is 0 Å². The molecule has 0 aromatic heterocycles. The van der Waals surface area contributed by atoms with Gasteiger partial charge in [0.25, 0.3) is 0 Å². The molecule has 1 aromatic carbocycles. The summed E-state index contributed by atoms with van der Waals surface area (Å²) in [6, 6.07) is 5.82. The fraction of sp³-hybridized carbons (Fsp3) is 0.533. The molecule has 1 saturated heterocycles. The molecule has 1 aliphatic rings. The zero-order valence-corrected chi connectivity index (χ0v) is 11.2. The fourth-order valence-corrected chi connectivity index (χ4v) is 2.53. The highest BCUT2D eigenvalue weighted by Crippen LogP contribution is 2.20. The van der Waals surface area contributed by atoms with Gasteiger partial charge >= 0.3 is 0 Å². The maximum absolute atomic E-state index is 13.0. The van der Waals surface area contributed by atoms with E-state index >= 15 is 0 Å². The third-order valence-electron chi connectivity index (χ3n) is 3.79. The third kappa shape index (κ3) is 3.85. The number of hydrogen-bond donors (Lipinski definition) is 1. The lowest BCUT2D eigenvalue weighted by Gasteiger charge is -2.16. The summed E-state index contributed by atoms with van der Waals surface area (Å²) in [4.78, 5) is 14.1. The topological polar surface area (TPSA) is 40.5 Å². The van der Waals surface area contributed by atoms with Crippen LogP contribution in [-0.4, -0.2) is 41.5 Å². The lowest BCUT2D eigenvalue weighted by molar-refractivity contribution is 0.0963. The van der Waals surface area contributed by atoms with Crippen molar-refractivity contribution < 1.29 is 14.3 Å². The minimum atomic E-state index is -0.374. The van der Waals surface area contributed by atoms with Crippen LogP contribution in [0, 0.1) is 11.7 Å². The molecule has 0 spiro atoms. The Balaban J connectivity index is 1.82. The molecule has 19 heavy (non-hydrogen) atoms. The van der Waals surface area contributed by atoms with E-state index in [-0.39, 0.29) is 17.7 Å². The summed E-state index contributed by atoms with van der Waals surface area (Å²) >= 11 is 0. The maximum Gasteiger partial charge on any atom is 0.164 e. The van der Waals surface area contributed by atoms with Gasteiger partial charge in [-0.15, -0.1) is 0 Å². The van der Waals surface area contributed by atoms with Gasteiger partial charge < -0.3 is 10.0 Å². The molecule has 0 saturated carbocycles. The van der Waals surface area contributed by atoms with Crippen LogP contribution < -0.4 is 0 Å². The Labute approximate surface area is 113 Å². The number of carbonyl (C=O) groups excluding carboxylic acids is 1. The van der Waals surface area contributed by atoms with Crippen molar-refractivity contribution in [2.75, 3.05) is 19.6 Å². The second-order valence-electron chi connectivity index (χ2n) is 5.27. The highest BCUT2D eigenvalue weighted by Gasteiger charge is 2.25. The normalized spacial score (nSPS) is 21.5. The number of Topliss-reactive ketones (excluding diaryl/α,β-unsaturated/α-hetero) is 1. The van der Waals surface area contributed by atoms with Gasteiger partial charge in [-0.2, -0.15) is 0 Å². The van der Waals surface area contributed by atoms with Crippen molar-refractivity contribution in [1.29, 1.82) is 0 Å². The summed E-state index contributed by atoms with van der Waals surface area (Å²) < 4.78 is 13.0. The number of halogens is 1. The zero-order chi connectivity index (χ0) is 13.8. The van der Waals surface area contributed by atoms with E-state index in [1.54, 1.807) is 12.1 Å². The largest absolute Gasteiger partial charge is 0.393 e. The fourth-order valence-electron chi connectivity index (χ4n) is 2.53. The Bertz CT molecular complexity index is 448. The van der Waals surface area contributed by atoms with Gasteiger partial charge in [0.1, 0.15) is 5.82 Å². The van der Waals surface area contributed by atoms with E-state index in [2.05, 4.69) is 4.90 Å². The number of hydrogen-bond acceptors (Lipinski definition) is 3. The molecule has 2 rings (SSSR count). The van der Waals surface area contributed by atoms with Crippen LogP contribution in [0.15, 0.2) is 24.3 Å². The van der Waals surface area contributed by atoms with E-state index in [0.717, 1.165) is 19.5 Å². The van der Waals surface area contributed by atoms with Gasteiger partial charge in [-0.25, -0.2) is 4.39 Å². The molecule has 104 valence electrons. The monoisotopic (exact) mass is 265 g/mol. The van der Waals surface area contributed by atoms with Crippen LogP contribution in [0.3, 0.4) is 0 Å². The van der Waals surface area contributed by atoms with E-state index in [9.17, 15) is 14.3 Å². The van der Waals surface area contributed by atoms with Gasteiger partial charge in [-0.3, -0.25) is 4.79 Å². The zero-order valence-electron chi connectivity index (χ0n) is 11.2. The Kier molecular flexibility index (Phi) is 4.66. The number of likely N-dealkylation sites (tertiary alicyclic amines) is 1. The summed E-state index contributed by atoms with van der Waals surface area (Å²) in [6.07, 6.45) is 1.09. The molecular weight excluding hydrogens is 245 g/mol. The smallest absolute Gasteiger partial charge is 0.164 e. The van der Waals surface area contributed by atoms with Crippen LogP contribution in [0.25, 0.3) is 0 Å². The second kappa shape index (κ2) is 6.26. The molecule has 1 aromatic rings. The van der Waals surface area contributed by atoms with E-state index in [1.807, 2.05) is 6.92 Å². The lowest BCUT2D eigenvalue weighted by Crippen LogP contribution is -2.26. The third-order valence-corrected chi connectivity index (χ3v) is 3.79. The molecule has 1 N–H and O–H groups in total. The van der Waals surface area contributed by atoms with Crippen molar-refractivity contribution in [3.05, 3.63) is 35.6 Å². The first-order valence-corrected chi connectivity index (χ1v) is 6.75. The number of ketones is 1. The van der Waals surface area contributed by atoms with Crippen LogP contribution in [0.1, 0.15) is 30.1 Å². The van der Waals surface area contributed by atoms with E-state index in [1.165, 1.54) is 12.1 Å². The lowest BCUT2D eigenvalue weighted by atomic mass is 10.0. The summed E-state index contributed by atoms with van der Waals surface area (Å²) in [5, 5.41) is 9.52. The molecule has 2 unspecified atom stereocenters. The van der Waals surface area contributed by atoms with Crippen LogP contribution in [0.5, 0.6) is 0 Å². The Morgan fingerprint density at radius 2 is 2.37 bits per heavy atom. The van der Waals surface area contributed by atoms with Gasteiger partial charge in [0, 0.05) is 25.1 Å². The summed E-state index contributed by atoms with van der Waals surface area (Å²) in [7, 11) is 0. The number of benzene rings is 1. The Morgan fingerprint density at radius 3 is 3.00 bits per heavy atom. The van der Waals surface area contributed by atoms with Gasteiger partial charge in [-0.05, 0) is 37.9 Å².